The van der Waals surface area contributed by atoms with Crippen LogP contribution in [0, 0.1) is 6.92 Å². The second-order valence-corrected chi connectivity index (χ2v) is 3.60. The van der Waals surface area contributed by atoms with Crippen LogP contribution in [0.5, 0.6) is 0 Å². The zero-order valence-electron chi connectivity index (χ0n) is 9.14. The van der Waals surface area contributed by atoms with E-state index in [1.54, 1.807) is 6.07 Å². The maximum absolute atomic E-state index is 11.8. The number of aryl methyl sites for hydroxylation is 1. The minimum Gasteiger partial charge on any atom is -0.430 e. The van der Waals surface area contributed by atoms with Crippen molar-refractivity contribution in [3.05, 3.63) is 35.4 Å². The second-order valence-electron chi connectivity index (χ2n) is 3.60. The van der Waals surface area contributed by atoms with E-state index in [-0.39, 0.29) is 5.97 Å². The lowest BCUT2D eigenvalue weighted by Gasteiger charge is -2.22. The molecule has 0 spiro atoms. The predicted molar refractivity (Wildman–Crippen MR) is 57.2 cm³/mol. The summed E-state index contributed by atoms with van der Waals surface area (Å²) in [5, 5.41) is 0. The zero-order chi connectivity index (χ0) is 11.4. The molecule has 0 bridgehead atoms. The zero-order valence-corrected chi connectivity index (χ0v) is 9.14. The number of rotatable bonds is 2. The quantitative estimate of drug-likeness (QED) is 0.712. The van der Waals surface area contributed by atoms with Crippen LogP contribution in [0.15, 0.2) is 24.3 Å². The molecule has 16 heavy (non-hydrogen) atoms. The second kappa shape index (κ2) is 5.09. The van der Waals surface area contributed by atoms with Gasteiger partial charge in [0.2, 0.25) is 6.29 Å². The van der Waals surface area contributed by atoms with Gasteiger partial charge in [-0.1, -0.05) is 18.2 Å². The van der Waals surface area contributed by atoms with Crippen molar-refractivity contribution in [1.29, 1.82) is 0 Å². The maximum Gasteiger partial charge on any atom is 0.340 e. The van der Waals surface area contributed by atoms with Gasteiger partial charge in [0.05, 0.1) is 18.8 Å². The van der Waals surface area contributed by atoms with Crippen molar-refractivity contribution >= 4 is 5.97 Å². The summed E-state index contributed by atoms with van der Waals surface area (Å²) in [6.45, 7) is 3.19. The Morgan fingerprint density at radius 2 is 2.19 bits per heavy atom. The summed E-state index contributed by atoms with van der Waals surface area (Å²) in [7, 11) is 0. The summed E-state index contributed by atoms with van der Waals surface area (Å²) < 4.78 is 15.6. The first-order valence-corrected chi connectivity index (χ1v) is 5.23. The van der Waals surface area contributed by atoms with Crippen molar-refractivity contribution in [2.24, 2.45) is 0 Å². The van der Waals surface area contributed by atoms with Crippen molar-refractivity contribution < 1.29 is 19.0 Å². The van der Waals surface area contributed by atoms with E-state index in [2.05, 4.69) is 0 Å². The fraction of sp³-hybridized carbons (Fsp3) is 0.417. The van der Waals surface area contributed by atoms with Gasteiger partial charge in [0.15, 0.2) is 0 Å². The van der Waals surface area contributed by atoms with Gasteiger partial charge in [-0.3, -0.25) is 0 Å². The van der Waals surface area contributed by atoms with Crippen molar-refractivity contribution in [3.8, 4) is 0 Å². The lowest BCUT2D eigenvalue weighted by molar-refractivity contribution is -0.186. The fourth-order valence-electron chi connectivity index (χ4n) is 1.52. The third-order valence-electron chi connectivity index (χ3n) is 2.39. The summed E-state index contributed by atoms with van der Waals surface area (Å²) >= 11 is 0. The van der Waals surface area contributed by atoms with Crippen LogP contribution in [-0.2, 0) is 14.2 Å². The first kappa shape index (κ1) is 11.1. The molecule has 0 N–H and O–H groups in total. The average Bonchev–Trinajstić information content (AvgIpc) is 2.31. The number of carbonyl (C=O) groups is 1. The Morgan fingerprint density at radius 3 is 2.88 bits per heavy atom. The Morgan fingerprint density at radius 1 is 1.38 bits per heavy atom. The largest absolute Gasteiger partial charge is 0.430 e. The summed E-state index contributed by atoms with van der Waals surface area (Å²) in [4.78, 5) is 11.8. The fourth-order valence-corrected chi connectivity index (χ4v) is 1.52. The summed E-state index contributed by atoms with van der Waals surface area (Å²) in [5.41, 5.74) is 1.46. The van der Waals surface area contributed by atoms with Gasteiger partial charge in [0.25, 0.3) is 0 Å². The highest BCUT2D eigenvalue weighted by atomic mass is 16.7. The molecule has 4 nitrogen and oxygen atoms in total. The average molecular weight is 222 g/mol. The van der Waals surface area contributed by atoms with Gasteiger partial charge in [-0.25, -0.2) is 4.79 Å². The monoisotopic (exact) mass is 222 g/mol. The molecule has 0 saturated carbocycles. The highest BCUT2D eigenvalue weighted by Gasteiger charge is 2.20. The molecule has 86 valence electrons. The van der Waals surface area contributed by atoms with E-state index < -0.39 is 6.29 Å². The van der Waals surface area contributed by atoms with Crippen LogP contribution < -0.4 is 0 Å². The van der Waals surface area contributed by atoms with Crippen LogP contribution in [0.4, 0.5) is 0 Å². The van der Waals surface area contributed by atoms with Gasteiger partial charge in [-0.05, 0) is 18.6 Å². The van der Waals surface area contributed by atoms with Crippen LogP contribution in [0.2, 0.25) is 0 Å². The molecular weight excluding hydrogens is 208 g/mol. The summed E-state index contributed by atoms with van der Waals surface area (Å²) in [6.07, 6.45) is -0.583. The molecule has 1 atom stereocenters. The molecule has 0 amide bonds. The topological polar surface area (TPSA) is 44.8 Å². The van der Waals surface area contributed by atoms with Gasteiger partial charge in [-0.2, -0.15) is 0 Å². The Balaban J connectivity index is 2.00. The molecule has 1 saturated heterocycles. The van der Waals surface area contributed by atoms with Gasteiger partial charge in [-0.15, -0.1) is 0 Å². The van der Waals surface area contributed by atoms with Gasteiger partial charge in [0, 0.05) is 0 Å². The van der Waals surface area contributed by atoms with Gasteiger partial charge < -0.3 is 14.2 Å². The van der Waals surface area contributed by atoms with Crippen LogP contribution >= 0.6 is 0 Å². The van der Waals surface area contributed by atoms with Gasteiger partial charge >= 0.3 is 5.97 Å². The lowest BCUT2D eigenvalue weighted by Crippen LogP contribution is -2.32. The number of hydrogen-bond acceptors (Lipinski definition) is 4. The van der Waals surface area contributed by atoms with Crippen LogP contribution in [0.3, 0.4) is 0 Å². The van der Waals surface area contributed by atoms with Gasteiger partial charge in [0.1, 0.15) is 6.61 Å². The Hall–Kier alpha value is -1.39. The van der Waals surface area contributed by atoms with E-state index in [4.69, 9.17) is 14.2 Å². The first-order chi connectivity index (χ1) is 7.77. The van der Waals surface area contributed by atoms with Crippen LogP contribution in [-0.4, -0.2) is 32.1 Å². The molecular formula is C12H14O4. The predicted octanol–water partition coefficient (Wildman–Crippen LogP) is 1.52. The van der Waals surface area contributed by atoms with E-state index in [0.29, 0.717) is 25.4 Å². The Kier molecular flexibility index (Phi) is 3.54. The SMILES string of the molecule is Cc1ccccc1C(=O)OC1COCCO1. The van der Waals surface area contributed by atoms with Crippen LogP contribution in [0.1, 0.15) is 15.9 Å². The third kappa shape index (κ3) is 2.59. The molecule has 0 radical (unpaired) electrons. The van der Waals surface area contributed by atoms with E-state index >= 15 is 0 Å². The lowest BCUT2D eigenvalue weighted by atomic mass is 10.1. The minimum atomic E-state index is -0.583. The van der Waals surface area contributed by atoms with Crippen molar-refractivity contribution in [1.82, 2.24) is 0 Å². The van der Waals surface area contributed by atoms with E-state index in [0.717, 1.165) is 5.56 Å². The number of ether oxygens (including phenoxy) is 3. The Labute approximate surface area is 94.1 Å². The highest BCUT2D eigenvalue weighted by molar-refractivity contribution is 5.91. The first-order valence-electron chi connectivity index (χ1n) is 5.23. The summed E-state index contributed by atoms with van der Waals surface area (Å²) in [6, 6.07) is 7.30. The standard InChI is InChI=1S/C12H14O4/c1-9-4-2-3-5-10(9)12(13)16-11-8-14-6-7-15-11/h2-5,11H,6-8H2,1H3. The molecule has 1 aliphatic rings. The van der Waals surface area contributed by atoms with Crippen LogP contribution in [0.25, 0.3) is 0 Å². The molecule has 1 aliphatic heterocycles. The molecule has 1 aromatic carbocycles. The van der Waals surface area contributed by atoms with E-state index in [1.165, 1.54) is 0 Å². The number of benzene rings is 1. The highest BCUT2D eigenvalue weighted by Crippen LogP contribution is 2.11. The molecule has 0 aromatic heterocycles. The van der Waals surface area contributed by atoms with Crippen molar-refractivity contribution in [2.45, 2.75) is 13.2 Å². The minimum absolute atomic E-state index is 0.303. The molecule has 1 unspecified atom stereocenters. The van der Waals surface area contributed by atoms with E-state index in [9.17, 15) is 4.79 Å². The molecule has 0 aliphatic carbocycles. The number of hydrogen-bond donors (Lipinski definition) is 0. The number of carbonyl (C=O) groups excluding carboxylic acids is 1. The molecule has 1 aromatic rings. The molecule has 1 fully saturated rings. The third-order valence-corrected chi connectivity index (χ3v) is 2.39. The summed E-state index contributed by atoms with van der Waals surface area (Å²) in [5.74, 6) is -0.367. The molecule has 4 heteroatoms. The maximum atomic E-state index is 11.8. The smallest absolute Gasteiger partial charge is 0.340 e. The molecule has 2 rings (SSSR count). The van der Waals surface area contributed by atoms with Crippen molar-refractivity contribution in [2.75, 3.05) is 19.8 Å². The van der Waals surface area contributed by atoms with E-state index in [1.807, 2.05) is 25.1 Å². The molecule has 1 heterocycles. The van der Waals surface area contributed by atoms with Crippen molar-refractivity contribution in [3.63, 3.8) is 0 Å². The number of esters is 1. The normalized spacial score (nSPS) is 20.4. The Bertz CT molecular complexity index is 369.